The monoisotopic (exact) mass is 231 g/mol. The molecule has 0 aromatic carbocycles. The molecule has 0 bridgehead atoms. The molecule has 0 spiro atoms. The van der Waals surface area contributed by atoms with Crippen molar-refractivity contribution in [1.82, 2.24) is 4.90 Å². The standard InChI is InChI=1S/C10H19NO3.C2H6/c1-10(2,3)14-9(13)11-6-4-5-8(11)7-12;1-2/h8,12H,4-7H2,1-3H3;1-2H3. The van der Waals surface area contributed by atoms with Gasteiger partial charge in [0.05, 0.1) is 12.6 Å². The average molecular weight is 231 g/mol. The van der Waals surface area contributed by atoms with E-state index in [-0.39, 0.29) is 18.7 Å². The zero-order valence-electron chi connectivity index (χ0n) is 11.1. The van der Waals surface area contributed by atoms with E-state index in [2.05, 4.69) is 0 Å². The van der Waals surface area contributed by atoms with Crippen LogP contribution < -0.4 is 0 Å². The first kappa shape index (κ1) is 15.2. The highest BCUT2D eigenvalue weighted by Crippen LogP contribution is 2.20. The fraction of sp³-hybridized carbons (Fsp3) is 0.917. The van der Waals surface area contributed by atoms with Gasteiger partial charge in [-0.15, -0.1) is 0 Å². The van der Waals surface area contributed by atoms with Gasteiger partial charge in [0.2, 0.25) is 0 Å². The Labute approximate surface area is 98.6 Å². The average Bonchev–Trinajstić information content (AvgIpc) is 2.66. The van der Waals surface area contributed by atoms with Crippen LogP contribution in [0.25, 0.3) is 0 Å². The van der Waals surface area contributed by atoms with E-state index in [1.165, 1.54) is 0 Å². The van der Waals surface area contributed by atoms with E-state index in [1.54, 1.807) is 4.90 Å². The normalized spacial score (nSPS) is 20.1. The Bertz CT molecular complexity index is 211. The van der Waals surface area contributed by atoms with E-state index in [4.69, 9.17) is 9.84 Å². The number of hydrogen-bond acceptors (Lipinski definition) is 3. The van der Waals surface area contributed by atoms with Crippen molar-refractivity contribution < 1.29 is 14.6 Å². The molecule has 1 amide bonds. The number of hydrogen-bond donors (Lipinski definition) is 1. The van der Waals surface area contributed by atoms with Crippen molar-refractivity contribution in [3.8, 4) is 0 Å². The van der Waals surface area contributed by atoms with E-state index >= 15 is 0 Å². The van der Waals surface area contributed by atoms with Crippen LogP contribution in [0.2, 0.25) is 0 Å². The third-order valence-electron chi connectivity index (χ3n) is 2.22. The second-order valence-electron chi connectivity index (χ2n) is 4.65. The lowest BCUT2D eigenvalue weighted by molar-refractivity contribution is 0.0176. The minimum absolute atomic E-state index is 0.0270. The van der Waals surface area contributed by atoms with E-state index in [0.717, 1.165) is 12.8 Å². The lowest BCUT2D eigenvalue weighted by Crippen LogP contribution is -2.41. The SMILES string of the molecule is CC.CC(C)(C)OC(=O)N1CCCC1CO. The molecule has 96 valence electrons. The number of ether oxygens (including phenoxy) is 1. The molecule has 0 radical (unpaired) electrons. The molecule has 1 atom stereocenters. The third kappa shape index (κ3) is 4.84. The van der Waals surface area contributed by atoms with Gasteiger partial charge in [0.1, 0.15) is 5.60 Å². The highest BCUT2D eigenvalue weighted by Gasteiger charge is 2.31. The van der Waals surface area contributed by atoms with Crippen molar-refractivity contribution in [1.29, 1.82) is 0 Å². The maximum absolute atomic E-state index is 11.6. The van der Waals surface area contributed by atoms with Crippen molar-refractivity contribution in [3.63, 3.8) is 0 Å². The second kappa shape index (κ2) is 6.74. The second-order valence-corrected chi connectivity index (χ2v) is 4.65. The molecule has 0 aliphatic carbocycles. The summed E-state index contributed by atoms with van der Waals surface area (Å²) in [5.41, 5.74) is -0.459. The van der Waals surface area contributed by atoms with Crippen molar-refractivity contribution in [2.75, 3.05) is 13.2 Å². The maximum Gasteiger partial charge on any atom is 0.410 e. The first-order chi connectivity index (χ1) is 7.44. The zero-order valence-corrected chi connectivity index (χ0v) is 11.1. The highest BCUT2D eigenvalue weighted by atomic mass is 16.6. The van der Waals surface area contributed by atoms with Crippen LogP contribution >= 0.6 is 0 Å². The number of aliphatic hydroxyl groups is 1. The Morgan fingerprint density at radius 3 is 2.44 bits per heavy atom. The van der Waals surface area contributed by atoms with Gasteiger partial charge in [-0.1, -0.05) is 13.8 Å². The fourth-order valence-corrected chi connectivity index (χ4v) is 1.59. The van der Waals surface area contributed by atoms with Crippen LogP contribution in [-0.2, 0) is 4.74 Å². The van der Waals surface area contributed by atoms with Gasteiger partial charge >= 0.3 is 6.09 Å². The lowest BCUT2D eigenvalue weighted by atomic mass is 10.2. The van der Waals surface area contributed by atoms with Gasteiger partial charge < -0.3 is 14.7 Å². The molecule has 1 N–H and O–H groups in total. The van der Waals surface area contributed by atoms with Gasteiger partial charge in [-0.05, 0) is 33.6 Å². The third-order valence-corrected chi connectivity index (χ3v) is 2.22. The molecule has 1 unspecified atom stereocenters. The predicted molar refractivity (Wildman–Crippen MR) is 64.4 cm³/mol. The van der Waals surface area contributed by atoms with Crippen molar-refractivity contribution >= 4 is 6.09 Å². The van der Waals surface area contributed by atoms with Crippen molar-refractivity contribution in [2.45, 2.75) is 59.1 Å². The van der Waals surface area contributed by atoms with E-state index in [0.29, 0.717) is 6.54 Å². The molecule has 1 aliphatic heterocycles. The fourth-order valence-electron chi connectivity index (χ4n) is 1.59. The summed E-state index contributed by atoms with van der Waals surface area (Å²) in [7, 11) is 0. The van der Waals surface area contributed by atoms with E-state index in [1.807, 2.05) is 34.6 Å². The van der Waals surface area contributed by atoms with Crippen LogP contribution in [0.5, 0.6) is 0 Å². The summed E-state index contributed by atoms with van der Waals surface area (Å²) < 4.78 is 5.23. The number of aliphatic hydroxyl groups excluding tert-OH is 1. The molecule has 0 saturated carbocycles. The van der Waals surface area contributed by atoms with Crippen LogP contribution in [0.15, 0.2) is 0 Å². The Hall–Kier alpha value is -0.770. The van der Waals surface area contributed by atoms with Gasteiger partial charge in [-0.25, -0.2) is 4.79 Å². The van der Waals surface area contributed by atoms with Gasteiger partial charge in [-0.3, -0.25) is 0 Å². The summed E-state index contributed by atoms with van der Waals surface area (Å²) in [6.07, 6.45) is 1.51. The van der Waals surface area contributed by atoms with Gasteiger partial charge in [-0.2, -0.15) is 0 Å². The summed E-state index contributed by atoms with van der Waals surface area (Å²) >= 11 is 0. The Balaban J connectivity index is 0.00000106. The summed E-state index contributed by atoms with van der Waals surface area (Å²) in [5, 5.41) is 9.03. The van der Waals surface area contributed by atoms with Gasteiger partial charge in [0.15, 0.2) is 0 Å². The smallest absolute Gasteiger partial charge is 0.410 e. The lowest BCUT2D eigenvalue weighted by Gasteiger charge is -2.27. The number of nitrogens with zero attached hydrogens (tertiary/aromatic N) is 1. The number of carbonyl (C=O) groups is 1. The molecule has 1 saturated heterocycles. The first-order valence-corrected chi connectivity index (χ1v) is 6.04. The highest BCUT2D eigenvalue weighted by molar-refractivity contribution is 5.68. The quantitative estimate of drug-likeness (QED) is 0.754. The predicted octanol–water partition coefficient (Wildman–Crippen LogP) is 2.40. The topological polar surface area (TPSA) is 49.8 Å². The van der Waals surface area contributed by atoms with Gasteiger partial charge in [0, 0.05) is 6.54 Å². The molecule has 1 heterocycles. The van der Waals surface area contributed by atoms with Crippen molar-refractivity contribution in [2.24, 2.45) is 0 Å². The Morgan fingerprint density at radius 1 is 1.44 bits per heavy atom. The molecular formula is C12H25NO3. The number of likely N-dealkylation sites (tertiary alicyclic amines) is 1. The van der Waals surface area contributed by atoms with Crippen LogP contribution in [0.3, 0.4) is 0 Å². The molecule has 4 nitrogen and oxygen atoms in total. The van der Waals surface area contributed by atoms with E-state index < -0.39 is 5.60 Å². The van der Waals surface area contributed by atoms with Crippen LogP contribution in [0.4, 0.5) is 4.79 Å². The zero-order chi connectivity index (χ0) is 12.8. The number of carbonyl (C=O) groups excluding carboxylic acids is 1. The minimum atomic E-state index is -0.459. The summed E-state index contributed by atoms with van der Waals surface area (Å²) in [4.78, 5) is 13.2. The Morgan fingerprint density at radius 2 is 2.00 bits per heavy atom. The molecule has 16 heavy (non-hydrogen) atoms. The molecule has 1 aliphatic rings. The number of amides is 1. The summed E-state index contributed by atoms with van der Waals surface area (Å²) in [6, 6.07) is -0.0511. The molecule has 0 aromatic heterocycles. The summed E-state index contributed by atoms with van der Waals surface area (Å²) in [6.45, 7) is 10.2. The molecular weight excluding hydrogens is 206 g/mol. The first-order valence-electron chi connectivity index (χ1n) is 6.04. The van der Waals surface area contributed by atoms with Gasteiger partial charge in [0.25, 0.3) is 0 Å². The van der Waals surface area contributed by atoms with Crippen molar-refractivity contribution in [3.05, 3.63) is 0 Å². The Kier molecular flexibility index (Phi) is 6.41. The molecule has 1 fully saturated rings. The van der Waals surface area contributed by atoms with Crippen LogP contribution in [0.1, 0.15) is 47.5 Å². The van der Waals surface area contributed by atoms with Crippen LogP contribution in [-0.4, -0.2) is 40.9 Å². The van der Waals surface area contributed by atoms with Crippen LogP contribution in [0, 0.1) is 0 Å². The number of rotatable bonds is 1. The molecule has 0 aromatic rings. The van der Waals surface area contributed by atoms with E-state index in [9.17, 15) is 4.79 Å². The maximum atomic E-state index is 11.6. The molecule has 1 rings (SSSR count). The largest absolute Gasteiger partial charge is 0.444 e. The molecule has 4 heteroatoms. The minimum Gasteiger partial charge on any atom is -0.444 e. The summed E-state index contributed by atoms with van der Waals surface area (Å²) in [5.74, 6) is 0.